The first-order valence-corrected chi connectivity index (χ1v) is 9.09. The minimum absolute atomic E-state index is 0.0573. The van der Waals surface area contributed by atoms with Gasteiger partial charge < -0.3 is 10.2 Å². The molecule has 4 nitrogen and oxygen atoms in total. The SMILES string of the molecule is CCC(C)N(Cc1ccccc1)C(=O)C(C)NC(=O)c1cccs1. The largest absolute Gasteiger partial charge is 0.340 e. The number of hydrogen-bond acceptors (Lipinski definition) is 3. The summed E-state index contributed by atoms with van der Waals surface area (Å²) in [7, 11) is 0. The smallest absolute Gasteiger partial charge is 0.261 e. The maximum atomic E-state index is 12.9. The Bertz CT molecular complexity index is 655. The predicted octanol–water partition coefficient (Wildman–Crippen LogP) is 3.69. The average Bonchev–Trinajstić information content (AvgIpc) is 3.14. The van der Waals surface area contributed by atoms with Crippen molar-refractivity contribution < 1.29 is 9.59 Å². The molecule has 128 valence electrons. The molecule has 0 spiro atoms. The van der Waals surface area contributed by atoms with Gasteiger partial charge in [0.15, 0.2) is 0 Å². The van der Waals surface area contributed by atoms with E-state index in [9.17, 15) is 9.59 Å². The third-order valence-corrected chi connectivity index (χ3v) is 4.93. The Labute approximate surface area is 147 Å². The summed E-state index contributed by atoms with van der Waals surface area (Å²) in [4.78, 5) is 27.5. The first-order chi connectivity index (χ1) is 11.5. The van der Waals surface area contributed by atoms with Crippen LogP contribution < -0.4 is 5.32 Å². The lowest BCUT2D eigenvalue weighted by Gasteiger charge is -2.31. The van der Waals surface area contributed by atoms with Gasteiger partial charge in [0, 0.05) is 12.6 Å². The Morgan fingerprint density at radius 3 is 2.42 bits per heavy atom. The number of carbonyl (C=O) groups excluding carboxylic acids is 2. The molecule has 0 radical (unpaired) electrons. The summed E-state index contributed by atoms with van der Waals surface area (Å²) in [6.45, 7) is 6.39. The van der Waals surface area contributed by atoms with Crippen LogP contribution in [0.5, 0.6) is 0 Å². The van der Waals surface area contributed by atoms with Crippen molar-refractivity contribution in [3.8, 4) is 0 Å². The van der Waals surface area contributed by atoms with Gasteiger partial charge in [-0.05, 0) is 37.3 Å². The third kappa shape index (κ3) is 4.68. The summed E-state index contributed by atoms with van der Waals surface area (Å²) in [5, 5.41) is 4.66. The van der Waals surface area contributed by atoms with Gasteiger partial charge in [0.25, 0.3) is 5.91 Å². The minimum atomic E-state index is -0.558. The van der Waals surface area contributed by atoms with Crippen molar-refractivity contribution in [1.82, 2.24) is 10.2 Å². The van der Waals surface area contributed by atoms with Gasteiger partial charge in [0.1, 0.15) is 6.04 Å². The van der Waals surface area contributed by atoms with E-state index < -0.39 is 6.04 Å². The molecule has 0 saturated carbocycles. The van der Waals surface area contributed by atoms with Gasteiger partial charge in [-0.25, -0.2) is 0 Å². The van der Waals surface area contributed by atoms with Crippen LogP contribution in [-0.2, 0) is 11.3 Å². The first-order valence-electron chi connectivity index (χ1n) is 8.21. The molecule has 0 fully saturated rings. The second-order valence-corrected chi connectivity index (χ2v) is 6.83. The number of amides is 2. The predicted molar refractivity (Wildman–Crippen MR) is 98.0 cm³/mol. The van der Waals surface area contributed by atoms with Crippen LogP contribution in [0.4, 0.5) is 0 Å². The minimum Gasteiger partial charge on any atom is -0.340 e. The summed E-state index contributed by atoms with van der Waals surface area (Å²) in [5.74, 6) is -0.257. The Hall–Kier alpha value is -2.14. The van der Waals surface area contributed by atoms with Crippen LogP contribution in [0, 0.1) is 0 Å². The van der Waals surface area contributed by atoms with Gasteiger partial charge in [-0.2, -0.15) is 0 Å². The lowest BCUT2D eigenvalue weighted by atomic mass is 10.1. The van der Waals surface area contributed by atoms with Crippen LogP contribution in [0.25, 0.3) is 0 Å². The lowest BCUT2D eigenvalue weighted by Crippen LogP contribution is -2.49. The number of hydrogen-bond donors (Lipinski definition) is 1. The molecule has 0 aliphatic heterocycles. The fraction of sp³-hybridized carbons (Fsp3) is 0.368. The van der Waals surface area contributed by atoms with Crippen LogP contribution in [0.3, 0.4) is 0 Å². The molecule has 1 aromatic carbocycles. The molecule has 1 aromatic heterocycles. The van der Waals surface area contributed by atoms with Crippen LogP contribution in [0.2, 0.25) is 0 Å². The van der Waals surface area contributed by atoms with Gasteiger partial charge >= 0.3 is 0 Å². The van der Waals surface area contributed by atoms with Gasteiger partial charge in [0.05, 0.1) is 4.88 Å². The quantitative estimate of drug-likeness (QED) is 0.833. The molecule has 0 bridgehead atoms. The zero-order chi connectivity index (χ0) is 17.5. The maximum absolute atomic E-state index is 12.9. The van der Waals surface area contributed by atoms with Crippen LogP contribution in [0.15, 0.2) is 47.8 Å². The van der Waals surface area contributed by atoms with Gasteiger partial charge in [-0.1, -0.05) is 43.3 Å². The number of rotatable bonds is 7. The van der Waals surface area contributed by atoms with Crippen molar-refractivity contribution in [3.63, 3.8) is 0 Å². The highest BCUT2D eigenvalue weighted by Gasteiger charge is 2.25. The number of nitrogens with one attached hydrogen (secondary N) is 1. The molecule has 2 amide bonds. The van der Waals surface area contributed by atoms with Crippen LogP contribution in [0.1, 0.15) is 42.4 Å². The topological polar surface area (TPSA) is 49.4 Å². The summed E-state index contributed by atoms with van der Waals surface area (Å²) in [6.07, 6.45) is 0.865. The molecule has 2 unspecified atom stereocenters. The number of carbonyl (C=O) groups is 2. The molecule has 1 N–H and O–H groups in total. The van der Waals surface area contributed by atoms with Gasteiger partial charge in [-0.3, -0.25) is 9.59 Å². The molecule has 0 aliphatic rings. The van der Waals surface area contributed by atoms with E-state index in [2.05, 4.69) is 12.2 Å². The molecule has 1 heterocycles. The summed E-state index contributed by atoms with van der Waals surface area (Å²) in [5.41, 5.74) is 1.09. The molecular weight excluding hydrogens is 320 g/mol. The molecule has 2 atom stereocenters. The Morgan fingerprint density at radius 2 is 1.83 bits per heavy atom. The van der Waals surface area contributed by atoms with Crippen molar-refractivity contribution in [1.29, 1.82) is 0 Å². The Balaban J connectivity index is 2.07. The summed E-state index contributed by atoms with van der Waals surface area (Å²) >= 11 is 1.37. The van der Waals surface area contributed by atoms with Gasteiger partial charge in [-0.15, -0.1) is 11.3 Å². The highest BCUT2D eigenvalue weighted by Crippen LogP contribution is 2.13. The average molecular weight is 344 g/mol. The second-order valence-electron chi connectivity index (χ2n) is 5.88. The molecule has 2 aromatic rings. The standard InChI is InChI=1S/C19H24N2O2S/c1-4-14(2)21(13-16-9-6-5-7-10-16)19(23)15(3)20-18(22)17-11-8-12-24-17/h5-12,14-15H,4,13H2,1-3H3,(H,20,22). The van der Waals surface area contributed by atoms with Crippen molar-refractivity contribution in [2.24, 2.45) is 0 Å². The molecule has 0 aliphatic carbocycles. The zero-order valence-corrected chi connectivity index (χ0v) is 15.2. The third-order valence-electron chi connectivity index (χ3n) is 4.06. The second kappa shape index (κ2) is 8.64. The molecule has 5 heteroatoms. The maximum Gasteiger partial charge on any atom is 0.261 e. The van der Waals surface area contributed by atoms with E-state index in [-0.39, 0.29) is 17.9 Å². The molecular formula is C19H24N2O2S. The highest BCUT2D eigenvalue weighted by atomic mass is 32.1. The van der Waals surface area contributed by atoms with E-state index in [4.69, 9.17) is 0 Å². The number of nitrogens with zero attached hydrogens (tertiary/aromatic N) is 1. The molecule has 0 saturated heterocycles. The normalized spacial score (nSPS) is 13.1. The van der Waals surface area contributed by atoms with E-state index >= 15 is 0 Å². The fourth-order valence-electron chi connectivity index (χ4n) is 2.44. The molecule has 2 rings (SSSR count). The summed E-state index contributed by atoms with van der Waals surface area (Å²) in [6, 6.07) is 13.1. The highest BCUT2D eigenvalue weighted by molar-refractivity contribution is 7.12. The van der Waals surface area contributed by atoms with Crippen molar-refractivity contribution in [3.05, 3.63) is 58.3 Å². The van der Waals surface area contributed by atoms with Gasteiger partial charge in [0.2, 0.25) is 5.91 Å². The van der Waals surface area contributed by atoms with Crippen LogP contribution in [-0.4, -0.2) is 28.8 Å². The van der Waals surface area contributed by atoms with E-state index in [0.717, 1.165) is 12.0 Å². The monoisotopic (exact) mass is 344 g/mol. The first kappa shape index (κ1) is 18.2. The van der Waals surface area contributed by atoms with Crippen molar-refractivity contribution in [2.75, 3.05) is 0 Å². The lowest BCUT2D eigenvalue weighted by molar-refractivity contribution is -0.135. The number of thiophene rings is 1. The van der Waals surface area contributed by atoms with E-state index in [0.29, 0.717) is 11.4 Å². The van der Waals surface area contributed by atoms with E-state index in [1.165, 1.54) is 11.3 Å². The fourth-order valence-corrected chi connectivity index (χ4v) is 3.06. The number of benzene rings is 1. The Kier molecular flexibility index (Phi) is 6.55. The van der Waals surface area contributed by atoms with Crippen LogP contribution >= 0.6 is 11.3 Å². The zero-order valence-electron chi connectivity index (χ0n) is 14.4. The van der Waals surface area contributed by atoms with Crippen molar-refractivity contribution in [2.45, 2.75) is 45.8 Å². The van der Waals surface area contributed by atoms with E-state index in [1.807, 2.05) is 53.6 Å². The summed E-state index contributed by atoms with van der Waals surface area (Å²) < 4.78 is 0. The van der Waals surface area contributed by atoms with E-state index in [1.54, 1.807) is 13.0 Å². The Morgan fingerprint density at radius 1 is 1.12 bits per heavy atom. The molecule has 24 heavy (non-hydrogen) atoms. The van der Waals surface area contributed by atoms with Crippen molar-refractivity contribution >= 4 is 23.2 Å².